The number of esters is 1. The van der Waals surface area contributed by atoms with Crippen molar-refractivity contribution in [2.75, 3.05) is 6.61 Å². The van der Waals surface area contributed by atoms with Crippen LogP contribution in [0.1, 0.15) is 28.8 Å². The number of nitrogens with zero attached hydrogens (tertiary/aromatic N) is 1. The molecule has 128 valence electrons. The van der Waals surface area contributed by atoms with Gasteiger partial charge in [-0.25, -0.2) is 4.79 Å². The van der Waals surface area contributed by atoms with E-state index >= 15 is 0 Å². The number of hydrazone groups is 1. The van der Waals surface area contributed by atoms with E-state index in [0.29, 0.717) is 5.56 Å². The molecule has 1 aliphatic heterocycles. The maximum Gasteiger partial charge on any atom is 0.355 e. The van der Waals surface area contributed by atoms with Crippen molar-refractivity contribution in [3.05, 3.63) is 70.2 Å². The molecule has 0 radical (unpaired) electrons. The Bertz CT molecular complexity index is 803. The molecule has 2 atom stereocenters. The third kappa shape index (κ3) is 3.64. The Labute approximate surface area is 154 Å². The van der Waals surface area contributed by atoms with Crippen molar-refractivity contribution in [3.8, 4) is 0 Å². The zero-order chi connectivity index (χ0) is 17.8. The number of halogens is 1. The van der Waals surface area contributed by atoms with E-state index in [2.05, 4.69) is 26.5 Å². The number of nitrogens with one attached hydrogen (secondary N) is 1. The van der Waals surface area contributed by atoms with Crippen molar-refractivity contribution in [1.82, 2.24) is 5.43 Å². The number of hydrogen-bond acceptors (Lipinski definition) is 5. The number of ether oxygens (including phenoxy) is 1. The monoisotopic (exact) mass is 400 g/mol. The SMILES string of the molecule is CCOC(=O)C1=NN[C@H](C(=O)c2ccc(Br)cc2)[C@H]1c1ccccc1. The summed E-state index contributed by atoms with van der Waals surface area (Å²) >= 11 is 3.36. The van der Waals surface area contributed by atoms with E-state index in [0.717, 1.165) is 10.0 Å². The van der Waals surface area contributed by atoms with Crippen LogP contribution in [0.15, 0.2) is 64.2 Å². The molecular weight excluding hydrogens is 384 g/mol. The second-order valence-electron chi connectivity index (χ2n) is 5.58. The van der Waals surface area contributed by atoms with Gasteiger partial charge < -0.3 is 4.74 Å². The van der Waals surface area contributed by atoms with Gasteiger partial charge in [-0.2, -0.15) is 5.10 Å². The lowest BCUT2D eigenvalue weighted by Crippen LogP contribution is -2.37. The zero-order valence-corrected chi connectivity index (χ0v) is 15.2. The topological polar surface area (TPSA) is 67.8 Å². The summed E-state index contributed by atoms with van der Waals surface area (Å²) in [4.78, 5) is 25.2. The van der Waals surface area contributed by atoms with Crippen LogP contribution in [0.5, 0.6) is 0 Å². The van der Waals surface area contributed by atoms with Gasteiger partial charge in [0.25, 0.3) is 0 Å². The highest BCUT2D eigenvalue weighted by Gasteiger charge is 2.41. The molecule has 2 aromatic carbocycles. The lowest BCUT2D eigenvalue weighted by Gasteiger charge is -2.19. The summed E-state index contributed by atoms with van der Waals surface area (Å²) in [5.74, 6) is -1.12. The molecule has 0 saturated heterocycles. The molecule has 0 fully saturated rings. The fourth-order valence-corrected chi connectivity index (χ4v) is 3.10. The molecule has 3 rings (SSSR count). The van der Waals surface area contributed by atoms with E-state index < -0.39 is 17.9 Å². The molecule has 1 aliphatic rings. The van der Waals surface area contributed by atoms with Crippen molar-refractivity contribution >= 4 is 33.4 Å². The van der Waals surface area contributed by atoms with Gasteiger partial charge in [0.2, 0.25) is 0 Å². The minimum atomic E-state index is -0.650. The van der Waals surface area contributed by atoms with Gasteiger partial charge in [-0.1, -0.05) is 58.4 Å². The first-order valence-electron chi connectivity index (χ1n) is 7.96. The van der Waals surface area contributed by atoms with Crippen LogP contribution in [0.3, 0.4) is 0 Å². The molecule has 1 heterocycles. The van der Waals surface area contributed by atoms with Crippen LogP contribution in [-0.2, 0) is 9.53 Å². The third-order valence-electron chi connectivity index (χ3n) is 4.01. The third-order valence-corrected chi connectivity index (χ3v) is 4.54. The number of carbonyl (C=O) groups excluding carboxylic acids is 2. The number of hydrogen-bond donors (Lipinski definition) is 1. The molecule has 6 heteroatoms. The average molecular weight is 401 g/mol. The van der Waals surface area contributed by atoms with Gasteiger partial charge in [-0.3, -0.25) is 10.2 Å². The lowest BCUT2D eigenvalue weighted by atomic mass is 9.84. The van der Waals surface area contributed by atoms with E-state index in [1.807, 2.05) is 42.5 Å². The van der Waals surface area contributed by atoms with E-state index in [-0.39, 0.29) is 18.1 Å². The molecule has 0 aliphatic carbocycles. The second-order valence-corrected chi connectivity index (χ2v) is 6.50. The number of ketones is 1. The molecule has 0 unspecified atom stereocenters. The Balaban J connectivity index is 1.94. The van der Waals surface area contributed by atoms with Gasteiger partial charge in [0, 0.05) is 10.0 Å². The predicted octanol–water partition coefficient (Wildman–Crippen LogP) is 3.31. The van der Waals surface area contributed by atoms with Crippen LogP contribution in [0, 0.1) is 0 Å². The molecule has 0 saturated carbocycles. The van der Waals surface area contributed by atoms with Crippen molar-refractivity contribution in [3.63, 3.8) is 0 Å². The standard InChI is InChI=1S/C19H17BrN2O3/c1-2-25-19(24)17-15(12-6-4-3-5-7-12)16(21-22-17)18(23)13-8-10-14(20)11-9-13/h3-11,15-16,21H,2H2,1H3/t15-,16+/m1/s1. The molecule has 25 heavy (non-hydrogen) atoms. The predicted molar refractivity (Wildman–Crippen MR) is 98.6 cm³/mol. The van der Waals surface area contributed by atoms with Gasteiger partial charge in [0.15, 0.2) is 11.5 Å². The Kier molecular flexibility index (Phi) is 5.28. The van der Waals surface area contributed by atoms with E-state index in [1.165, 1.54) is 0 Å². The fraction of sp³-hybridized carbons (Fsp3) is 0.211. The first-order valence-corrected chi connectivity index (χ1v) is 8.76. The largest absolute Gasteiger partial charge is 0.461 e. The Morgan fingerprint density at radius 2 is 1.80 bits per heavy atom. The number of Topliss-reactive ketones (excluding diaryl/α,β-unsaturated/α-hetero) is 1. The highest BCUT2D eigenvalue weighted by molar-refractivity contribution is 9.10. The minimum absolute atomic E-state index is 0.121. The quantitative estimate of drug-likeness (QED) is 0.617. The summed E-state index contributed by atoms with van der Waals surface area (Å²) in [6.45, 7) is 1.99. The first-order chi connectivity index (χ1) is 12.1. The van der Waals surface area contributed by atoms with Crippen molar-refractivity contribution in [1.29, 1.82) is 0 Å². The van der Waals surface area contributed by atoms with E-state index in [4.69, 9.17) is 4.74 Å². The van der Waals surface area contributed by atoms with Crippen LogP contribution < -0.4 is 5.43 Å². The van der Waals surface area contributed by atoms with Crippen LogP contribution in [0.4, 0.5) is 0 Å². The Morgan fingerprint density at radius 3 is 2.44 bits per heavy atom. The second kappa shape index (κ2) is 7.61. The summed E-state index contributed by atoms with van der Waals surface area (Å²) in [5.41, 5.74) is 4.46. The minimum Gasteiger partial charge on any atom is -0.461 e. The molecule has 0 bridgehead atoms. The average Bonchev–Trinajstić information content (AvgIpc) is 3.08. The van der Waals surface area contributed by atoms with Crippen LogP contribution >= 0.6 is 15.9 Å². The fourth-order valence-electron chi connectivity index (χ4n) is 2.83. The summed E-state index contributed by atoms with van der Waals surface area (Å²) in [6.07, 6.45) is 0. The van der Waals surface area contributed by atoms with Crippen molar-refractivity contribution < 1.29 is 14.3 Å². The van der Waals surface area contributed by atoms with Gasteiger partial charge in [-0.15, -0.1) is 0 Å². The summed E-state index contributed by atoms with van der Waals surface area (Å²) < 4.78 is 5.99. The van der Waals surface area contributed by atoms with Gasteiger partial charge in [0.05, 0.1) is 12.5 Å². The number of benzene rings is 2. The summed E-state index contributed by atoms with van der Waals surface area (Å²) in [5, 5.41) is 4.12. The molecule has 5 nitrogen and oxygen atoms in total. The van der Waals surface area contributed by atoms with Crippen LogP contribution in [-0.4, -0.2) is 30.1 Å². The molecular formula is C19H17BrN2O3. The Hall–Kier alpha value is -2.47. The van der Waals surface area contributed by atoms with Gasteiger partial charge in [0.1, 0.15) is 6.04 Å². The van der Waals surface area contributed by atoms with E-state index in [9.17, 15) is 9.59 Å². The Morgan fingerprint density at radius 1 is 1.12 bits per heavy atom. The highest BCUT2D eigenvalue weighted by atomic mass is 79.9. The molecule has 2 aromatic rings. The van der Waals surface area contributed by atoms with Gasteiger partial charge in [-0.05, 0) is 24.6 Å². The number of carbonyl (C=O) groups is 2. The highest BCUT2D eigenvalue weighted by Crippen LogP contribution is 2.29. The summed E-state index contributed by atoms with van der Waals surface area (Å²) in [7, 11) is 0. The zero-order valence-electron chi connectivity index (χ0n) is 13.6. The first kappa shape index (κ1) is 17.4. The summed E-state index contributed by atoms with van der Waals surface area (Å²) in [6, 6.07) is 15.9. The number of rotatable bonds is 5. The molecule has 0 aromatic heterocycles. The van der Waals surface area contributed by atoms with E-state index in [1.54, 1.807) is 19.1 Å². The molecule has 1 N–H and O–H groups in total. The normalized spacial score (nSPS) is 19.0. The maximum atomic E-state index is 13.0. The smallest absolute Gasteiger partial charge is 0.355 e. The van der Waals surface area contributed by atoms with Crippen molar-refractivity contribution in [2.45, 2.75) is 18.9 Å². The van der Waals surface area contributed by atoms with Crippen LogP contribution in [0.2, 0.25) is 0 Å². The molecule has 0 spiro atoms. The lowest BCUT2D eigenvalue weighted by molar-refractivity contribution is -0.135. The van der Waals surface area contributed by atoms with Gasteiger partial charge >= 0.3 is 5.97 Å². The van der Waals surface area contributed by atoms with Crippen molar-refractivity contribution in [2.24, 2.45) is 5.10 Å². The molecule has 0 amide bonds. The van der Waals surface area contributed by atoms with Crippen LogP contribution in [0.25, 0.3) is 0 Å². The maximum absolute atomic E-state index is 13.0.